The number of rotatable bonds is 0. The average Bonchev–Trinajstić information content (AvgIpc) is 1.83. The van der Waals surface area contributed by atoms with Gasteiger partial charge in [0, 0.05) is 32.3 Å². The summed E-state index contributed by atoms with van der Waals surface area (Å²) in [5.41, 5.74) is 2.43. The first kappa shape index (κ1) is 6.47. The van der Waals surface area contributed by atoms with E-state index >= 15 is 0 Å². The van der Waals surface area contributed by atoms with Crippen LogP contribution in [0, 0.1) is 5.92 Å². The monoisotopic (exact) mass is 121 g/mol. The highest BCUT2D eigenvalue weighted by Gasteiger charge is 2.22. The first-order valence-corrected chi connectivity index (χ1v) is 3.41. The zero-order chi connectivity index (χ0) is 6.85. The van der Waals surface area contributed by atoms with Gasteiger partial charge < -0.3 is 0 Å². The van der Waals surface area contributed by atoms with Crippen molar-refractivity contribution in [2.45, 2.75) is 26.2 Å². The first-order valence-electron chi connectivity index (χ1n) is 3.41. The average molecular weight is 121 g/mol. The van der Waals surface area contributed by atoms with Crippen molar-refractivity contribution in [3.05, 3.63) is 30.2 Å². The van der Waals surface area contributed by atoms with Gasteiger partial charge >= 0.3 is 0 Å². The summed E-state index contributed by atoms with van der Waals surface area (Å²) in [4.78, 5) is 0. The lowest BCUT2D eigenvalue weighted by Gasteiger charge is -2.13. The molecule has 0 saturated heterocycles. The highest BCUT2D eigenvalue weighted by molar-refractivity contribution is 5.39. The minimum absolute atomic E-state index is 1.15. The number of allylic oxidation sites excluding steroid dienone is 2. The molecule has 1 rings (SSSR count). The second-order valence-corrected chi connectivity index (χ2v) is 2.72. The normalized spacial score (nSPS) is 20.8. The molecule has 0 atom stereocenters. The van der Waals surface area contributed by atoms with Gasteiger partial charge in [0.15, 0.2) is 0 Å². The first-order chi connectivity index (χ1) is 4.22. The number of hydrogen-bond acceptors (Lipinski definition) is 0. The van der Waals surface area contributed by atoms with E-state index in [0.29, 0.717) is 0 Å². The fourth-order valence-electron chi connectivity index (χ4n) is 1.17. The van der Waals surface area contributed by atoms with Crippen LogP contribution >= 0.6 is 0 Å². The molecule has 0 spiro atoms. The van der Waals surface area contributed by atoms with Crippen LogP contribution < -0.4 is 0 Å². The minimum atomic E-state index is 1.15. The van der Waals surface area contributed by atoms with Crippen molar-refractivity contribution in [1.29, 1.82) is 0 Å². The molecule has 48 valence electrons. The molecule has 0 radical (unpaired) electrons. The lowest BCUT2D eigenvalue weighted by molar-refractivity contribution is 0.711. The molecule has 0 amide bonds. The molecule has 0 aromatic carbocycles. The third-order valence-electron chi connectivity index (χ3n) is 1.97. The second kappa shape index (κ2) is 2.30. The third-order valence-corrected chi connectivity index (χ3v) is 1.97. The van der Waals surface area contributed by atoms with E-state index in [9.17, 15) is 0 Å². The van der Waals surface area contributed by atoms with Crippen LogP contribution in [0.2, 0.25) is 0 Å². The predicted molar refractivity (Wildman–Crippen MR) is 41.0 cm³/mol. The Morgan fingerprint density at radius 1 is 1.44 bits per heavy atom. The van der Waals surface area contributed by atoms with Crippen LogP contribution in [-0.2, 0) is 0 Å². The number of hydrogen-bond donors (Lipinski definition) is 0. The summed E-state index contributed by atoms with van der Waals surface area (Å²) in [5.74, 6) is 1.42. The summed E-state index contributed by atoms with van der Waals surface area (Å²) >= 11 is 0. The highest BCUT2D eigenvalue weighted by atomic mass is 14.2. The van der Waals surface area contributed by atoms with Gasteiger partial charge in [-0.3, -0.25) is 0 Å². The Balaban J connectivity index is 2.62. The molecule has 1 aliphatic carbocycles. The van der Waals surface area contributed by atoms with Crippen molar-refractivity contribution in [3.63, 3.8) is 0 Å². The van der Waals surface area contributed by atoms with Crippen LogP contribution in [-0.4, -0.2) is 0 Å². The largest absolute Gasteiger partial charge is 0.127 e. The van der Waals surface area contributed by atoms with Gasteiger partial charge in [-0.1, -0.05) is 0 Å². The molecule has 0 heterocycles. The van der Waals surface area contributed by atoms with E-state index in [1.807, 2.05) is 0 Å². The summed E-state index contributed by atoms with van der Waals surface area (Å²) in [5, 5.41) is 0. The molecule has 0 nitrogen and oxygen atoms in total. The van der Waals surface area contributed by atoms with Gasteiger partial charge in [-0.2, -0.15) is 0 Å². The Bertz CT molecular complexity index is 142. The molecule has 1 aliphatic rings. The molecule has 0 heteroatoms. The molecular formula is C9H13+. The quantitative estimate of drug-likeness (QED) is 0.432. The maximum atomic E-state index is 3.94. The topological polar surface area (TPSA) is 0 Å². The second-order valence-electron chi connectivity index (χ2n) is 2.72. The van der Waals surface area contributed by atoms with Gasteiger partial charge in [-0.05, 0) is 13.0 Å². The SMILES string of the molecule is C=C1CCC[C+](C)C1=C. The van der Waals surface area contributed by atoms with Crippen molar-refractivity contribution in [2.75, 3.05) is 0 Å². The van der Waals surface area contributed by atoms with Crippen LogP contribution in [0.1, 0.15) is 26.2 Å². The summed E-state index contributed by atoms with van der Waals surface area (Å²) in [7, 11) is 0. The lowest BCUT2D eigenvalue weighted by Crippen LogP contribution is -2.04. The van der Waals surface area contributed by atoms with E-state index < -0.39 is 0 Å². The van der Waals surface area contributed by atoms with Gasteiger partial charge in [-0.15, -0.1) is 0 Å². The van der Waals surface area contributed by atoms with E-state index in [1.165, 1.54) is 29.9 Å². The van der Waals surface area contributed by atoms with Crippen LogP contribution in [0.3, 0.4) is 0 Å². The molecule has 0 bridgehead atoms. The van der Waals surface area contributed by atoms with E-state index in [0.717, 1.165) is 6.42 Å². The zero-order valence-corrected chi connectivity index (χ0v) is 6.04. The van der Waals surface area contributed by atoms with Crippen molar-refractivity contribution in [3.8, 4) is 0 Å². The molecule has 0 aliphatic heterocycles. The maximum absolute atomic E-state index is 3.94. The van der Waals surface area contributed by atoms with Crippen molar-refractivity contribution in [2.24, 2.45) is 0 Å². The smallest absolute Gasteiger partial charge is 0.0384 e. The molecule has 0 N–H and O–H groups in total. The third kappa shape index (κ3) is 1.18. The molecule has 0 aromatic rings. The molecule has 0 unspecified atom stereocenters. The fourth-order valence-corrected chi connectivity index (χ4v) is 1.17. The summed E-state index contributed by atoms with van der Waals surface area (Å²) < 4.78 is 0. The predicted octanol–water partition coefficient (Wildman–Crippen LogP) is 2.88. The van der Waals surface area contributed by atoms with Crippen LogP contribution in [0.4, 0.5) is 0 Å². The highest BCUT2D eigenvalue weighted by Crippen LogP contribution is 2.32. The molecule has 1 saturated carbocycles. The Hall–Kier alpha value is -0.650. The van der Waals surface area contributed by atoms with Gasteiger partial charge in [0.2, 0.25) is 0 Å². The van der Waals surface area contributed by atoms with E-state index in [-0.39, 0.29) is 0 Å². The van der Waals surface area contributed by atoms with Crippen LogP contribution in [0.5, 0.6) is 0 Å². The van der Waals surface area contributed by atoms with Gasteiger partial charge in [0.1, 0.15) is 5.57 Å². The molecular weight excluding hydrogens is 108 g/mol. The summed E-state index contributed by atoms with van der Waals surface area (Å²) in [6.07, 6.45) is 3.64. The standard InChI is InChI=1S/C9H13/c1-7-5-4-6-8(2)9(7)3/h1,3-6H2,2H3/q+1. The maximum Gasteiger partial charge on any atom is 0.127 e. The van der Waals surface area contributed by atoms with E-state index in [2.05, 4.69) is 20.1 Å². The van der Waals surface area contributed by atoms with Crippen molar-refractivity contribution < 1.29 is 0 Å². The van der Waals surface area contributed by atoms with Gasteiger partial charge in [-0.25, -0.2) is 0 Å². The molecule has 1 fully saturated rings. The van der Waals surface area contributed by atoms with Crippen molar-refractivity contribution in [1.82, 2.24) is 0 Å². The van der Waals surface area contributed by atoms with Gasteiger partial charge in [0.25, 0.3) is 0 Å². The Kier molecular flexibility index (Phi) is 1.65. The molecule has 0 aromatic heterocycles. The van der Waals surface area contributed by atoms with Crippen molar-refractivity contribution >= 4 is 0 Å². The Morgan fingerprint density at radius 3 is 2.56 bits per heavy atom. The lowest BCUT2D eigenvalue weighted by atomic mass is 9.84. The van der Waals surface area contributed by atoms with Gasteiger partial charge in [0.05, 0.1) is 5.57 Å². The Labute approximate surface area is 57.3 Å². The Morgan fingerprint density at radius 2 is 2.11 bits per heavy atom. The van der Waals surface area contributed by atoms with Crippen LogP contribution in [0.15, 0.2) is 24.3 Å². The zero-order valence-electron chi connectivity index (χ0n) is 6.04. The van der Waals surface area contributed by atoms with E-state index in [4.69, 9.17) is 0 Å². The molecule has 9 heavy (non-hydrogen) atoms. The van der Waals surface area contributed by atoms with Crippen LogP contribution in [0.25, 0.3) is 0 Å². The fraction of sp³-hybridized carbons (Fsp3) is 0.444. The van der Waals surface area contributed by atoms with E-state index in [1.54, 1.807) is 0 Å². The minimum Gasteiger partial charge on any atom is -0.0384 e. The summed E-state index contributed by atoms with van der Waals surface area (Å²) in [6.45, 7) is 10.0. The summed E-state index contributed by atoms with van der Waals surface area (Å²) in [6, 6.07) is 0.